The summed E-state index contributed by atoms with van der Waals surface area (Å²) >= 11 is -23.5. The third-order valence-electron chi connectivity index (χ3n) is 0. The SMILES string of the molecule is O=[As]([O-])([O-])[O-].O=[As]([O-])([O-])[O-].O=[As]([O-])([O-])[O-].O=[As]([O-])([O-])[O-].[C+4].[C+4].[C+4]. The van der Waals surface area contributed by atoms with Crippen molar-refractivity contribution < 1.29 is 64.1 Å². The molecule has 0 saturated heterocycles. The van der Waals surface area contributed by atoms with Crippen molar-refractivity contribution >= 4 is 58.1 Å². The van der Waals surface area contributed by atoms with Crippen LogP contribution in [0.4, 0.5) is 0 Å². The molecule has 0 aliphatic rings. The first-order valence-electron chi connectivity index (χ1n) is 2.92. The van der Waals surface area contributed by atoms with E-state index in [4.69, 9.17) is 64.1 Å². The average molecular weight is 592 g/mol. The molecule has 0 unspecified atom stereocenters. The van der Waals surface area contributed by atoms with Crippen LogP contribution < -0.4 is 49.1 Å². The van der Waals surface area contributed by atoms with Gasteiger partial charge in [-0.1, -0.05) is 0 Å². The van der Waals surface area contributed by atoms with E-state index in [1.54, 1.807) is 0 Å². The molecule has 0 aromatic heterocycles. The van der Waals surface area contributed by atoms with Gasteiger partial charge in [0, 0.05) is 0 Å². The predicted molar refractivity (Wildman–Crippen MR) is 35.5 cm³/mol. The molecule has 0 fully saturated rings. The third kappa shape index (κ3) is 11100. The summed E-state index contributed by atoms with van der Waals surface area (Å²) < 4.78 is 138. The Balaban J connectivity index is -0.0000000284. The molecular weight excluding hydrogens is 592 g/mol. The van der Waals surface area contributed by atoms with Crippen LogP contribution in [0.2, 0.25) is 0 Å². The fourth-order valence-corrected chi connectivity index (χ4v) is 0. The smallest absolute Gasteiger partial charge is 4.00 e. The zero-order valence-electron chi connectivity index (χ0n) is 9.82. The first-order valence-corrected chi connectivity index (χ1v) is 15.2. The molecule has 0 amide bonds. The summed E-state index contributed by atoms with van der Waals surface area (Å²) in [6.45, 7) is 0. The molecular formula is C3As4O16. The van der Waals surface area contributed by atoms with Gasteiger partial charge in [-0.05, 0) is 0 Å². The Kier molecular flexibility index (Phi) is 33.9. The Morgan fingerprint density at radius 3 is 0.304 bits per heavy atom. The van der Waals surface area contributed by atoms with Gasteiger partial charge in [-0.2, -0.15) is 0 Å². The average Bonchev–Trinajstić information content (AvgIpc) is 1.62. The second-order valence-electron chi connectivity index (χ2n) is 1.79. The summed E-state index contributed by atoms with van der Waals surface area (Å²) in [7, 11) is 0. The molecule has 23 heavy (non-hydrogen) atoms. The van der Waals surface area contributed by atoms with Gasteiger partial charge in [0.2, 0.25) is 0 Å². The van der Waals surface area contributed by atoms with Crippen molar-refractivity contribution in [1.29, 1.82) is 0 Å². The van der Waals surface area contributed by atoms with E-state index in [1.165, 1.54) is 0 Å². The number of hydrogen-bond acceptors (Lipinski definition) is 16. The molecule has 0 aromatic rings. The van der Waals surface area contributed by atoms with Crippen LogP contribution in [0.3, 0.4) is 0 Å². The molecule has 0 atom stereocenters. The first-order chi connectivity index (χ1) is 8.00. The van der Waals surface area contributed by atoms with Gasteiger partial charge in [-0.25, -0.2) is 0 Å². The quantitative estimate of drug-likeness (QED) is 0.236. The zero-order valence-corrected chi connectivity index (χ0v) is 17.3. The Labute approximate surface area is 144 Å². The van der Waals surface area contributed by atoms with E-state index in [0.29, 0.717) is 0 Å². The summed E-state index contributed by atoms with van der Waals surface area (Å²) in [6.07, 6.45) is 0. The van der Waals surface area contributed by atoms with Crippen LogP contribution in [0, 0.1) is 22.3 Å². The van der Waals surface area contributed by atoms with Gasteiger partial charge < -0.3 is 0 Å². The van der Waals surface area contributed by atoms with E-state index in [9.17, 15) is 0 Å². The molecule has 0 N–H and O–H groups in total. The van der Waals surface area contributed by atoms with E-state index in [2.05, 4.69) is 0 Å². The second kappa shape index (κ2) is 17.8. The predicted octanol–water partition coefficient (Wildman–Crippen LogP) is -16.0. The van der Waals surface area contributed by atoms with Gasteiger partial charge in [-0.3, -0.25) is 0 Å². The molecule has 0 bridgehead atoms. The van der Waals surface area contributed by atoms with Gasteiger partial charge in [0.25, 0.3) is 0 Å². The fourth-order valence-electron chi connectivity index (χ4n) is 0. The Morgan fingerprint density at radius 2 is 0.304 bits per heavy atom. The van der Waals surface area contributed by atoms with Crippen molar-refractivity contribution in [2.45, 2.75) is 0 Å². The maximum Gasteiger partial charge on any atom is 4.00 e. The van der Waals surface area contributed by atoms with E-state index >= 15 is 0 Å². The second-order valence-corrected chi connectivity index (χ2v) is 9.30. The van der Waals surface area contributed by atoms with Crippen molar-refractivity contribution in [3.05, 3.63) is 22.3 Å². The van der Waals surface area contributed by atoms with E-state index in [0.717, 1.165) is 0 Å². The van der Waals surface area contributed by atoms with Gasteiger partial charge in [-0.15, -0.1) is 0 Å². The summed E-state index contributed by atoms with van der Waals surface area (Å²) in [5, 5.41) is 0. The standard InChI is InChI=1S/3C.4AsH3O4/c;;;4*2-1(3,4)5/h;;;4*(H3,2,3,4,5)/q3*+4;;;;/p-12. The minimum Gasteiger partial charge on any atom is 4.00 e. The fraction of sp³-hybridized carbons (Fsp3) is 0. The van der Waals surface area contributed by atoms with Crippen molar-refractivity contribution in [2.75, 3.05) is 0 Å². The van der Waals surface area contributed by atoms with Crippen molar-refractivity contribution in [2.24, 2.45) is 0 Å². The molecule has 0 saturated carbocycles. The van der Waals surface area contributed by atoms with E-state index in [-0.39, 0.29) is 22.3 Å². The van der Waals surface area contributed by atoms with E-state index in [1.807, 2.05) is 0 Å². The van der Waals surface area contributed by atoms with Crippen LogP contribution in [-0.2, 0) is 15.0 Å². The molecule has 0 spiro atoms. The normalized spacial score (nSPS) is 10.3. The van der Waals surface area contributed by atoms with Crippen LogP contribution in [-0.4, -0.2) is 58.1 Å². The van der Waals surface area contributed by atoms with Crippen LogP contribution in [0.1, 0.15) is 0 Å². The summed E-state index contributed by atoms with van der Waals surface area (Å²) in [6, 6.07) is 0. The molecule has 0 aliphatic heterocycles. The minimum atomic E-state index is -5.88. The number of rotatable bonds is 0. The van der Waals surface area contributed by atoms with Crippen LogP contribution >= 0.6 is 0 Å². The van der Waals surface area contributed by atoms with Crippen molar-refractivity contribution in [3.8, 4) is 0 Å². The monoisotopic (exact) mass is 592 g/mol. The topological polar surface area (TPSA) is 345 Å². The molecule has 0 rings (SSSR count). The van der Waals surface area contributed by atoms with Crippen LogP contribution in [0.25, 0.3) is 0 Å². The zero-order chi connectivity index (χ0) is 18.0. The molecule has 0 heterocycles. The Hall–Kier alpha value is 0.954. The molecule has 0 aliphatic carbocycles. The first kappa shape index (κ1) is 43.9. The summed E-state index contributed by atoms with van der Waals surface area (Å²) in [5.74, 6) is 0. The van der Waals surface area contributed by atoms with Gasteiger partial charge in [0.05, 0.1) is 0 Å². The van der Waals surface area contributed by atoms with Crippen molar-refractivity contribution in [1.82, 2.24) is 0 Å². The largest absolute Gasteiger partial charge is 4.00 e. The number of hydrogen-bond donors (Lipinski definition) is 0. The Morgan fingerprint density at radius 1 is 0.304 bits per heavy atom. The van der Waals surface area contributed by atoms with Gasteiger partial charge in [0.1, 0.15) is 0 Å². The van der Waals surface area contributed by atoms with Crippen LogP contribution in [0.15, 0.2) is 0 Å². The third-order valence-corrected chi connectivity index (χ3v) is 0. The minimum absolute atomic E-state index is 0. The molecule has 0 radical (unpaired) electrons. The van der Waals surface area contributed by atoms with E-state index < -0.39 is 58.1 Å². The molecule has 128 valence electrons. The molecule has 16 nitrogen and oxygen atoms in total. The maximum absolute atomic E-state index is 8.61. The molecule has 20 heteroatoms. The molecule has 0 aromatic carbocycles. The summed E-state index contributed by atoms with van der Waals surface area (Å²) in [5.41, 5.74) is 0. The maximum atomic E-state index is 8.61. The Bertz CT molecular complexity index is 292. The van der Waals surface area contributed by atoms with Crippen LogP contribution in [0.5, 0.6) is 0 Å². The van der Waals surface area contributed by atoms with Gasteiger partial charge in [0.15, 0.2) is 0 Å². The van der Waals surface area contributed by atoms with Crippen molar-refractivity contribution in [3.63, 3.8) is 0 Å². The van der Waals surface area contributed by atoms with Gasteiger partial charge >= 0.3 is 144 Å². The summed E-state index contributed by atoms with van der Waals surface area (Å²) in [4.78, 5) is 0.